The summed E-state index contributed by atoms with van der Waals surface area (Å²) in [5.41, 5.74) is 1.38. The van der Waals surface area contributed by atoms with Crippen LogP contribution < -0.4 is 0 Å². The molecule has 4 fully saturated rings. The van der Waals surface area contributed by atoms with Crippen LogP contribution in [0.5, 0.6) is 0 Å². The molecule has 0 spiro atoms. The zero-order chi connectivity index (χ0) is 24.9. The van der Waals surface area contributed by atoms with Gasteiger partial charge in [-0.2, -0.15) is 0 Å². The van der Waals surface area contributed by atoms with Gasteiger partial charge in [-0.1, -0.05) is 46.3 Å². The van der Waals surface area contributed by atoms with Gasteiger partial charge in [0.25, 0.3) is 0 Å². The van der Waals surface area contributed by atoms with Gasteiger partial charge < -0.3 is 20.1 Å². The molecule has 0 radical (unpaired) electrons. The van der Waals surface area contributed by atoms with Crippen LogP contribution in [0.2, 0.25) is 0 Å². The van der Waals surface area contributed by atoms with E-state index in [-0.39, 0.29) is 27.8 Å². The SMILES string of the molecule is CC(C)(O)[C@@H]1OC[C@H]([C@H]2CC[C@]3(C)C4=CCC5C(C)(C)[C@H](O)CC[C@]5(C)[C@H]4CC[C@@]23C)C[C@H]1O. The van der Waals surface area contributed by atoms with Crippen LogP contribution in [0.1, 0.15) is 99.8 Å². The summed E-state index contributed by atoms with van der Waals surface area (Å²) in [4.78, 5) is 0. The van der Waals surface area contributed by atoms with E-state index in [1.807, 2.05) is 0 Å². The zero-order valence-corrected chi connectivity index (χ0v) is 22.7. The normalized spacial score (nSPS) is 52.9. The summed E-state index contributed by atoms with van der Waals surface area (Å²) in [6.45, 7) is 16.4. The van der Waals surface area contributed by atoms with Gasteiger partial charge in [0.2, 0.25) is 0 Å². The van der Waals surface area contributed by atoms with Crippen molar-refractivity contribution >= 4 is 0 Å². The minimum Gasteiger partial charge on any atom is -0.393 e. The van der Waals surface area contributed by atoms with Crippen molar-refractivity contribution in [3.05, 3.63) is 11.6 Å². The molecular formula is C30H50O4. The first-order valence-electron chi connectivity index (χ1n) is 14.1. The van der Waals surface area contributed by atoms with E-state index in [0.717, 1.165) is 25.7 Å². The summed E-state index contributed by atoms with van der Waals surface area (Å²) in [7, 11) is 0. The van der Waals surface area contributed by atoms with Gasteiger partial charge in [0.05, 0.1) is 24.4 Å². The number of rotatable bonds is 2. The van der Waals surface area contributed by atoms with Crippen LogP contribution in [0.25, 0.3) is 0 Å². The van der Waals surface area contributed by atoms with Crippen LogP contribution >= 0.6 is 0 Å². The topological polar surface area (TPSA) is 69.9 Å². The third-order valence-corrected chi connectivity index (χ3v) is 12.5. The molecule has 3 N–H and O–H groups in total. The first kappa shape index (κ1) is 25.2. The highest BCUT2D eigenvalue weighted by Gasteiger charge is 2.65. The van der Waals surface area contributed by atoms with Gasteiger partial charge in [-0.25, -0.2) is 0 Å². The van der Waals surface area contributed by atoms with Crippen LogP contribution in [-0.2, 0) is 4.74 Å². The lowest BCUT2D eigenvalue weighted by atomic mass is 9.41. The lowest BCUT2D eigenvalue weighted by Crippen LogP contribution is -2.58. The molecule has 0 bridgehead atoms. The van der Waals surface area contributed by atoms with Crippen molar-refractivity contribution in [2.24, 2.45) is 45.3 Å². The number of aliphatic hydroxyl groups excluding tert-OH is 2. The molecule has 4 aliphatic carbocycles. The highest BCUT2D eigenvalue weighted by atomic mass is 16.5. The largest absolute Gasteiger partial charge is 0.393 e. The third-order valence-electron chi connectivity index (χ3n) is 12.5. The number of fused-ring (bicyclic) bond motifs is 5. The fourth-order valence-corrected chi connectivity index (χ4v) is 10.3. The number of ether oxygens (including phenoxy) is 1. The molecule has 4 nitrogen and oxygen atoms in total. The van der Waals surface area contributed by atoms with Gasteiger partial charge in [0.15, 0.2) is 0 Å². The molecule has 0 aromatic carbocycles. The standard InChI is InChI=1S/C30H50O4/c1-26(2)23-9-8-21-20(28(23,5)13-12-24(26)32)11-15-29(6)19(10-14-30(21,29)7)18-16-22(31)25(34-17-18)27(3,4)33/h8,18-20,22-25,31-33H,9-17H2,1-7H3/t18-,19-,20+,22-,23?,24-,25-,28-,29+,30-/m1/s1. The molecule has 0 amide bonds. The Labute approximate surface area is 207 Å². The van der Waals surface area contributed by atoms with Crippen LogP contribution in [0, 0.1) is 45.3 Å². The predicted molar refractivity (Wildman–Crippen MR) is 135 cm³/mol. The van der Waals surface area contributed by atoms with Gasteiger partial charge in [-0.3, -0.25) is 0 Å². The van der Waals surface area contributed by atoms with Gasteiger partial charge in [-0.05, 0) is 111 Å². The summed E-state index contributed by atoms with van der Waals surface area (Å²) in [5, 5.41) is 32.1. The van der Waals surface area contributed by atoms with Crippen molar-refractivity contribution in [2.75, 3.05) is 6.61 Å². The number of hydrogen-bond acceptors (Lipinski definition) is 4. The number of allylic oxidation sites excluding steroid dienone is 2. The van der Waals surface area contributed by atoms with E-state index in [1.54, 1.807) is 19.4 Å². The number of hydrogen-bond donors (Lipinski definition) is 3. The van der Waals surface area contributed by atoms with Crippen LogP contribution in [-0.4, -0.2) is 45.8 Å². The third kappa shape index (κ3) is 3.30. The van der Waals surface area contributed by atoms with Gasteiger partial charge in [-0.15, -0.1) is 0 Å². The lowest BCUT2D eigenvalue weighted by Gasteiger charge is -2.64. The van der Waals surface area contributed by atoms with E-state index in [4.69, 9.17) is 4.74 Å². The maximum Gasteiger partial charge on any atom is 0.111 e. The van der Waals surface area contributed by atoms with Crippen molar-refractivity contribution in [3.63, 3.8) is 0 Å². The summed E-state index contributed by atoms with van der Waals surface area (Å²) in [5.74, 6) is 2.08. The molecule has 1 saturated heterocycles. The minimum absolute atomic E-state index is 0.0263. The van der Waals surface area contributed by atoms with Crippen LogP contribution in [0.4, 0.5) is 0 Å². The Hall–Kier alpha value is -0.420. The molecule has 10 atom stereocenters. The molecule has 34 heavy (non-hydrogen) atoms. The van der Waals surface area contributed by atoms with Gasteiger partial charge in [0, 0.05) is 0 Å². The summed E-state index contributed by atoms with van der Waals surface area (Å²) >= 11 is 0. The van der Waals surface area contributed by atoms with Crippen molar-refractivity contribution in [2.45, 2.75) is 124 Å². The molecule has 3 saturated carbocycles. The van der Waals surface area contributed by atoms with E-state index in [1.165, 1.54) is 25.7 Å². The quantitative estimate of drug-likeness (QED) is 0.463. The van der Waals surface area contributed by atoms with Crippen molar-refractivity contribution in [1.29, 1.82) is 0 Å². The van der Waals surface area contributed by atoms with Crippen LogP contribution in [0.3, 0.4) is 0 Å². The average molecular weight is 475 g/mol. The second-order valence-corrected chi connectivity index (χ2v) is 14.8. The monoisotopic (exact) mass is 474 g/mol. The van der Waals surface area contributed by atoms with E-state index in [9.17, 15) is 15.3 Å². The second-order valence-electron chi connectivity index (χ2n) is 14.8. The van der Waals surface area contributed by atoms with Crippen molar-refractivity contribution in [1.82, 2.24) is 0 Å². The lowest BCUT2D eigenvalue weighted by molar-refractivity contribution is -0.188. The molecule has 1 heterocycles. The number of aliphatic hydroxyl groups is 3. The zero-order valence-electron chi connectivity index (χ0n) is 22.7. The van der Waals surface area contributed by atoms with E-state index in [0.29, 0.717) is 30.3 Å². The molecule has 5 rings (SSSR count). The van der Waals surface area contributed by atoms with Crippen molar-refractivity contribution in [3.8, 4) is 0 Å². The molecular weight excluding hydrogens is 424 g/mol. The predicted octanol–water partition coefficient (Wildman–Crippen LogP) is 5.49. The maximum atomic E-state index is 10.9. The average Bonchev–Trinajstić information content (AvgIpc) is 3.02. The Morgan fingerprint density at radius 3 is 2.32 bits per heavy atom. The Bertz CT molecular complexity index is 841. The smallest absolute Gasteiger partial charge is 0.111 e. The Balaban J connectivity index is 1.42. The molecule has 194 valence electrons. The fourth-order valence-electron chi connectivity index (χ4n) is 10.3. The Morgan fingerprint density at radius 1 is 0.971 bits per heavy atom. The van der Waals surface area contributed by atoms with Gasteiger partial charge >= 0.3 is 0 Å². The fraction of sp³-hybridized carbons (Fsp3) is 0.933. The molecule has 1 aliphatic heterocycles. The first-order chi connectivity index (χ1) is 15.7. The van der Waals surface area contributed by atoms with Crippen LogP contribution in [0.15, 0.2) is 11.6 Å². The summed E-state index contributed by atoms with van der Waals surface area (Å²) in [6.07, 6.45) is 10.2. The molecule has 0 aromatic rings. The maximum absolute atomic E-state index is 10.9. The molecule has 1 unspecified atom stereocenters. The second kappa shape index (κ2) is 7.79. The summed E-state index contributed by atoms with van der Waals surface area (Å²) in [6, 6.07) is 0. The highest BCUT2D eigenvalue weighted by molar-refractivity contribution is 5.33. The molecule has 5 aliphatic rings. The molecule has 4 heteroatoms. The van der Waals surface area contributed by atoms with E-state index in [2.05, 4.69) is 40.7 Å². The highest BCUT2D eigenvalue weighted by Crippen LogP contribution is 2.73. The summed E-state index contributed by atoms with van der Waals surface area (Å²) < 4.78 is 6.13. The van der Waals surface area contributed by atoms with E-state index < -0.39 is 17.8 Å². The van der Waals surface area contributed by atoms with E-state index >= 15 is 0 Å². The first-order valence-corrected chi connectivity index (χ1v) is 14.1. The Morgan fingerprint density at radius 2 is 1.68 bits per heavy atom. The van der Waals surface area contributed by atoms with Gasteiger partial charge in [0.1, 0.15) is 6.10 Å². The minimum atomic E-state index is -1.02. The molecule has 0 aromatic heterocycles. The Kier molecular flexibility index (Phi) is 5.78. The van der Waals surface area contributed by atoms with Crippen molar-refractivity contribution < 1.29 is 20.1 Å².